The molecule has 1 aliphatic heterocycles. The van der Waals surface area contributed by atoms with Crippen LogP contribution in [0.1, 0.15) is 18.0 Å². The quantitative estimate of drug-likeness (QED) is 0.782. The first-order valence-corrected chi connectivity index (χ1v) is 6.29. The average molecular weight is 261 g/mol. The zero-order chi connectivity index (χ0) is 13.8. The van der Waals surface area contributed by atoms with Crippen molar-refractivity contribution in [2.45, 2.75) is 12.5 Å². The van der Waals surface area contributed by atoms with Gasteiger partial charge in [-0.2, -0.15) is 0 Å². The third-order valence-corrected chi connectivity index (χ3v) is 3.47. The van der Waals surface area contributed by atoms with Crippen LogP contribution in [0.3, 0.4) is 0 Å². The van der Waals surface area contributed by atoms with Gasteiger partial charge in [0.2, 0.25) is 0 Å². The standard InChI is InChI=1S/C15H19NO3/c1-16-9-8-12(15(17)19-3)10-14(16)11-4-6-13(18-2)7-5-11/h4-7,10,14H,8-9H2,1-3H3. The van der Waals surface area contributed by atoms with Gasteiger partial charge in [0.05, 0.1) is 20.3 Å². The molecule has 0 N–H and O–H groups in total. The maximum atomic E-state index is 11.6. The van der Waals surface area contributed by atoms with E-state index in [0.29, 0.717) is 0 Å². The molecule has 0 amide bonds. The molecular weight excluding hydrogens is 242 g/mol. The van der Waals surface area contributed by atoms with Gasteiger partial charge >= 0.3 is 5.97 Å². The second-order valence-corrected chi connectivity index (χ2v) is 4.63. The minimum atomic E-state index is -0.230. The summed E-state index contributed by atoms with van der Waals surface area (Å²) in [5, 5.41) is 0. The van der Waals surface area contributed by atoms with Gasteiger partial charge in [0.15, 0.2) is 0 Å². The number of carbonyl (C=O) groups excluding carboxylic acids is 1. The Labute approximate surface area is 113 Å². The molecule has 0 aromatic heterocycles. The molecule has 1 unspecified atom stereocenters. The zero-order valence-corrected chi connectivity index (χ0v) is 11.6. The van der Waals surface area contributed by atoms with E-state index in [1.807, 2.05) is 30.3 Å². The van der Waals surface area contributed by atoms with E-state index in [2.05, 4.69) is 11.9 Å². The molecule has 19 heavy (non-hydrogen) atoms. The number of hydrogen-bond acceptors (Lipinski definition) is 4. The van der Waals surface area contributed by atoms with Crippen molar-refractivity contribution in [1.82, 2.24) is 4.90 Å². The number of benzene rings is 1. The zero-order valence-electron chi connectivity index (χ0n) is 11.6. The fourth-order valence-corrected chi connectivity index (χ4v) is 2.29. The van der Waals surface area contributed by atoms with Crippen molar-refractivity contribution in [2.24, 2.45) is 0 Å². The summed E-state index contributed by atoms with van der Waals surface area (Å²) in [6.07, 6.45) is 2.72. The van der Waals surface area contributed by atoms with Crippen LogP contribution in [-0.4, -0.2) is 38.7 Å². The highest BCUT2D eigenvalue weighted by Crippen LogP contribution is 2.29. The molecule has 1 aromatic carbocycles. The van der Waals surface area contributed by atoms with Gasteiger partial charge < -0.3 is 9.47 Å². The Morgan fingerprint density at radius 1 is 1.26 bits per heavy atom. The van der Waals surface area contributed by atoms with Crippen LogP contribution in [-0.2, 0) is 9.53 Å². The molecule has 0 spiro atoms. The topological polar surface area (TPSA) is 38.8 Å². The van der Waals surface area contributed by atoms with Crippen LogP contribution in [0.15, 0.2) is 35.9 Å². The molecule has 0 fully saturated rings. The van der Waals surface area contributed by atoms with Crippen LogP contribution < -0.4 is 4.74 Å². The molecule has 4 heteroatoms. The Morgan fingerprint density at radius 3 is 2.53 bits per heavy atom. The number of esters is 1. The van der Waals surface area contributed by atoms with E-state index >= 15 is 0 Å². The van der Waals surface area contributed by atoms with Gasteiger partial charge in [-0.25, -0.2) is 4.79 Å². The van der Waals surface area contributed by atoms with Crippen molar-refractivity contribution in [2.75, 3.05) is 27.8 Å². The van der Waals surface area contributed by atoms with Crippen molar-refractivity contribution in [1.29, 1.82) is 0 Å². The van der Waals surface area contributed by atoms with Crippen molar-refractivity contribution >= 4 is 5.97 Å². The van der Waals surface area contributed by atoms with Crippen molar-refractivity contribution < 1.29 is 14.3 Å². The van der Waals surface area contributed by atoms with Gasteiger partial charge in [0, 0.05) is 12.1 Å². The van der Waals surface area contributed by atoms with Crippen LogP contribution >= 0.6 is 0 Å². The lowest BCUT2D eigenvalue weighted by Gasteiger charge is -2.30. The Balaban J connectivity index is 2.27. The van der Waals surface area contributed by atoms with Gasteiger partial charge in [-0.1, -0.05) is 18.2 Å². The highest BCUT2D eigenvalue weighted by Gasteiger charge is 2.23. The Morgan fingerprint density at radius 2 is 1.95 bits per heavy atom. The number of nitrogens with zero attached hydrogens (tertiary/aromatic N) is 1. The third-order valence-electron chi connectivity index (χ3n) is 3.47. The van der Waals surface area contributed by atoms with E-state index in [-0.39, 0.29) is 12.0 Å². The van der Waals surface area contributed by atoms with Gasteiger partial charge in [-0.15, -0.1) is 0 Å². The van der Waals surface area contributed by atoms with Crippen LogP contribution in [0.4, 0.5) is 0 Å². The Bertz CT molecular complexity index is 479. The summed E-state index contributed by atoms with van der Waals surface area (Å²) in [6, 6.07) is 8.02. The van der Waals surface area contributed by atoms with Gasteiger partial charge in [0.1, 0.15) is 5.75 Å². The van der Waals surface area contributed by atoms with Crippen LogP contribution in [0.5, 0.6) is 5.75 Å². The monoisotopic (exact) mass is 261 g/mol. The summed E-state index contributed by atoms with van der Waals surface area (Å²) < 4.78 is 9.96. The minimum Gasteiger partial charge on any atom is -0.497 e. The molecule has 0 saturated carbocycles. The first kappa shape index (κ1) is 13.6. The highest BCUT2D eigenvalue weighted by atomic mass is 16.5. The van der Waals surface area contributed by atoms with Crippen molar-refractivity contribution in [3.8, 4) is 5.75 Å². The molecule has 0 saturated heterocycles. The second-order valence-electron chi connectivity index (χ2n) is 4.63. The highest BCUT2D eigenvalue weighted by molar-refractivity contribution is 5.88. The Kier molecular flexibility index (Phi) is 4.22. The first-order chi connectivity index (χ1) is 9.15. The number of hydrogen-bond donors (Lipinski definition) is 0. The summed E-state index contributed by atoms with van der Waals surface area (Å²) >= 11 is 0. The SMILES string of the molecule is COC(=O)C1=CC(c2ccc(OC)cc2)N(C)CC1. The van der Waals surface area contributed by atoms with E-state index in [0.717, 1.165) is 29.9 Å². The molecule has 1 aromatic rings. The first-order valence-electron chi connectivity index (χ1n) is 6.29. The van der Waals surface area contributed by atoms with E-state index < -0.39 is 0 Å². The lowest BCUT2D eigenvalue weighted by molar-refractivity contribution is -0.136. The van der Waals surface area contributed by atoms with Crippen molar-refractivity contribution in [3.05, 3.63) is 41.5 Å². The fraction of sp³-hybridized carbons (Fsp3) is 0.400. The van der Waals surface area contributed by atoms with Gasteiger partial charge in [0.25, 0.3) is 0 Å². The molecule has 0 bridgehead atoms. The number of carbonyl (C=O) groups is 1. The summed E-state index contributed by atoms with van der Waals surface area (Å²) in [4.78, 5) is 13.8. The second kappa shape index (κ2) is 5.89. The predicted molar refractivity (Wildman–Crippen MR) is 73.1 cm³/mol. The van der Waals surface area contributed by atoms with Crippen LogP contribution in [0.25, 0.3) is 0 Å². The summed E-state index contributed by atoms with van der Waals surface area (Å²) in [6.45, 7) is 0.845. The molecule has 0 radical (unpaired) electrons. The van der Waals surface area contributed by atoms with E-state index in [4.69, 9.17) is 9.47 Å². The maximum Gasteiger partial charge on any atom is 0.333 e. The minimum absolute atomic E-state index is 0.105. The van der Waals surface area contributed by atoms with Crippen LogP contribution in [0.2, 0.25) is 0 Å². The molecule has 2 rings (SSSR count). The van der Waals surface area contributed by atoms with E-state index in [1.54, 1.807) is 7.11 Å². The lowest BCUT2D eigenvalue weighted by Crippen LogP contribution is -2.30. The largest absolute Gasteiger partial charge is 0.497 e. The number of rotatable bonds is 3. The van der Waals surface area contributed by atoms with Gasteiger partial charge in [-0.3, -0.25) is 4.90 Å². The van der Waals surface area contributed by atoms with Gasteiger partial charge in [-0.05, 0) is 31.2 Å². The van der Waals surface area contributed by atoms with E-state index in [9.17, 15) is 4.79 Å². The smallest absolute Gasteiger partial charge is 0.333 e. The summed E-state index contributed by atoms with van der Waals surface area (Å²) in [5.41, 5.74) is 1.89. The van der Waals surface area contributed by atoms with Crippen molar-refractivity contribution in [3.63, 3.8) is 0 Å². The fourth-order valence-electron chi connectivity index (χ4n) is 2.29. The molecule has 4 nitrogen and oxygen atoms in total. The number of likely N-dealkylation sites (N-methyl/N-ethyl adjacent to an activating group) is 1. The number of methoxy groups -OCH3 is 2. The Hall–Kier alpha value is -1.81. The number of ether oxygens (including phenoxy) is 2. The molecular formula is C15H19NO3. The molecule has 1 aliphatic rings. The lowest BCUT2D eigenvalue weighted by atomic mass is 9.97. The van der Waals surface area contributed by atoms with Crippen LogP contribution in [0, 0.1) is 0 Å². The molecule has 1 heterocycles. The summed E-state index contributed by atoms with van der Waals surface area (Å²) in [5.74, 6) is 0.603. The maximum absolute atomic E-state index is 11.6. The third kappa shape index (κ3) is 2.96. The predicted octanol–water partition coefficient (Wildman–Crippen LogP) is 2.17. The molecule has 102 valence electrons. The summed E-state index contributed by atoms with van der Waals surface area (Å²) in [7, 11) is 5.13. The van der Waals surface area contributed by atoms with E-state index in [1.165, 1.54) is 7.11 Å². The molecule has 0 aliphatic carbocycles. The normalized spacial score (nSPS) is 19.7. The average Bonchev–Trinajstić information content (AvgIpc) is 2.47. The molecule has 1 atom stereocenters.